The number of ether oxygens (including phenoxy) is 1. The fourth-order valence-electron chi connectivity index (χ4n) is 2.61. The van der Waals surface area contributed by atoms with Gasteiger partial charge in [-0.15, -0.1) is 0 Å². The number of rotatable bonds is 3. The highest BCUT2D eigenvalue weighted by Crippen LogP contribution is 2.27. The van der Waals surface area contributed by atoms with Crippen LogP contribution in [-0.2, 0) is 18.2 Å². The number of nitrogens with zero attached hydrogens (tertiary/aromatic N) is 1. The minimum absolute atomic E-state index is 0.00409. The lowest BCUT2D eigenvalue weighted by atomic mass is 9.87. The van der Waals surface area contributed by atoms with E-state index in [1.54, 1.807) is 0 Å². The van der Waals surface area contributed by atoms with Crippen LogP contribution in [0.25, 0.3) is 10.9 Å². The van der Waals surface area contributed by atoms with Gasteiger partial charge in [0.25, 0.3) is 0 Å². The van der Waals surface area contributed by atoms with Crippen molar-refractivity contribution in [3.05, 3.63) is 36.0 Å². The minimum atomic E-state index is 0.00409. The topological polar surface area (TPSA) is 26.2 Å². The summed E-state index contributed by atoms with van der Waals surface area (Å²) in [6.45, 7) is 1.90. The summed E-state index contributed by atoms with van der Waals surface area (Å²) in [6.07, 6.45) is 3.10. The van der Waals surface area contributed by atoms with E-state index in [0.717, 1.165) is 19.5 Å². The Balaban J connectivity index is 2.00. The average Bonchev–Trinajstić information content (AvgIpc) is 2.67. The van der Waals surface area contributed by atoms with Crippen LogP contribution in [0, 0.1) is 0 Å². The van der Waals surface area contributed by atoms with Crippen LogP contribution in [0.5, 0.6) is 0 Å². The number of methoxy groups -OCH3 is 1. The van der Waals surface area contributed by atoms with Crippen LogP contribution < -0.4 is 5.32 Å². The van der Waals surface area contributed by atoms with E-state index in [1.165, 1.54) is 16.5 Å². The van der Waals surface area contributed by atoms with E-state index in [1.807, 2.05) is 7.11 Å². The molecule has 1 aliphatic heterocycles. The molecule has 3 nitrogen and oxygen atoms in total. The summed E-state index contributed by atoms with van der Waals surface area (Å²) >= 11 is 0. The maximum Gasteiger partial charge on any atom is 0.0966 e. The van der Waals surface area contributed by atoms with Crippen molar-refractivity contribution in [3.63, 3.8) is 0 Å². The van der Waals surface area contributed by atoms with Crippen molar-refractivity contribution in [2.24, 2.45) is 7.05 Å². The van der Waals surface area contributed by atoms with Gasteiger partial charge in [0.05, 0.1) is 5.60 Å². The SMILES string of the molecule is COC1(Cc2cccc3c2ccn3C)CNC1. The Labute approximate surface area is 101 Å². The molecule has 1 N–H and O–H groups in total. The van der Waals surface area contributed by atoms with Gasteiger partial charge in [0.15, 0.2) is 0 Å². The summed E-state index contributed by atoms with van der Waals surface area (Å²) in [5, 5.41) is 4.64. The van der Waals surface area contributed by atoms with Gasteiger partial charge in [0, 0.05) is 50.8 Å². The lowest BCUT2D eigenvalue weighted by Gasteiger charge is -2.41. The minimum Gasteiger partial charge on any atom is -0.375 e. The Morgan fingerprint density at radius 3 is 2.82 bits per heavy atom. The lowest BCUT2D eigenvalue weighted by molar-refractivity contribution is -0.0500. The van der Waals surface area contributed by atoms with Gasteiger partial charge in [-0.05, 0) is 17.7 Å². The molecule has 1 aromatic heterocycles. The third-order valence-corrected chi connectivity index (χ3v) is 3.86. The molecular weight excluding hydrogens is 212 g/mol. The summed E-state index contributed by atoms with van der Waals surface area (Å²) in [5.41, 5.74) is 2.68. The average molecular weight is 230 g/mol. The monoisotopic (exact) mass is 230 g/mol. The van der Waals surface area contributed by atoms with Crippen LogP contribution in [0.2, 0.25) is 0 Å². The van der Waals surface area contributed by atoms with Gasteiger partial charge >= 0.3 is 0 Å². The summed E-state index contributed by atoms with van der Waals surface area (Å²) in [6, 6.07) is 8.70. The second-order valence-corrected chi connectivity index (χ2v) is 4.94. The molecule has 1 saturated heterocycles. The van der Waals surface area contributed by atoms with E-state index in [2.05, 4.69) is 47.4 Å². The molecule has 0 bridgehead atoms. The lowest BCUT2D eigenvalue weighted by Crippen LogP contribution is -2.61. The molecule has 1 aliphatic rings. The second-order valence-electron chi connectivity index (χ2n) is 4.94. The van der Waals surface area contributed by atoms with Gasteiger partial charge in [-0.3, -0.25) is 0 Å². The Bertz CT molecular complexity index is 535. The predicted octanol–water partition coefficient (Wildman–Crippen LogP) is 1.71. The molecule has 0 radical (unpaired) electrons. The van der Waals surface area contributed by atoms with Crippen LogP contribution in [0.15, 0.2) is 30.5 Å². The first-order valence-electron chi connectivity index (χ1n) is 6.03. The van der Waals surface area contributed by atoms with E-state index in [-0.39, 0.29) is 5.60 Å². The number of fused-ring (bicyclic) bond motifs is 1. The smallest absolute Gasteiger partial charge is 0.0966 e. The van der Waals surface area contributed by atoms with Crippen molar-refractivity contribution < 1.29 is 4.74 Å². The zero-order valence-electron chi connectivity index (χ0n) is 10.4. The highest BCUT2D eigenvalue weighted by atomic mass is 16.5. The quantitative estimate of drug-likeness (QED) is 0.868. The van der Waals surface area contributed by atoms with Crippen molar-refractivity contribution in [1.82, 2.24) is 9.88 Å². The van der Waals surface area contributed by atoms with Crippen molar-refractivity contribution >= 4 is 10.9 Å². The Hall–Kier alpha value is -1.32. The highest BCUT2D eigenvalue weighted by Gasteiger charge is 2.37. The maximum atomic E-state index is 5.66. The number of nitrogens with one attached hydrogen (secondary N) is 1. The Morgan fingerprint density at radius 1 is 1.35 bits per heavy atom. The van der Waals surface area contributed by atoms with E-state index in [9.17, 15) is 0 Å². The first kappa shape index (κ1) is 10.8. The number of aryl methyl sites for hydroxylation is 1. The molecule has 1 fully saturated rings. The van der Waals surface area contributed by atoms with Crippen molar-refractivity contribution in [2.45, 2.75) is 12.0 Å². The van der Waals surface area contributed by atoms with Gasteiger partial charge in [-0.1, -0.05) is 12.1 Å². The molecule has 17 heavy (non-hydrogen) atoms. The Kier molecular flexibility index (Phi) is 2.45. The van der Waals surface area contributed by atoms with Gasteiger partial charge in [0.1, 0.15) is 0 Å². The zero-order chi connectivity index (χ0) is 11.9. The highest BCUT2D eigenvalue weighted by molar-refractivity contribution is 5.83. The van der Waals surface area contributed by atoms with Crippen molar-refractivity contribution in [3.8, 4) is 0 Å². The van der Waals surface area contributed by atoms with E-state index in [0.29, 0.717) is 0 Å². The van der Waals surface area contributed by atoms with Crippen LogP contribution in [0.1, 0.15) is 5.56 Å². The first-order valence-corrected chi connectivity index (χ1v) is 6.03. The van der Waals surface area contributed by atoms with Crippen LogP contribution in [0.4, 0.5) is 0 Å². The number of benzene rings is 1. The number of hydrogen-bond donors (Lipinski definition) is 1. The molecule has 2 heterocycles. The van der Waals surface area contributed by atoms with Gasteiger partial charge in [-0.25, -0.2) is 0 Å². The Morgan fingerprint density at radius 2 is 2.18 bits per heavy atom. The van der Waals surface area contributed by atoms with E-state index < -0.39 is 0 Å². The summed E-state index contributed by atoms with van der Waals surface area (Å²) in [5.74, 6) is 0. The molecule has 2 aromatic rings. The standard InChI is InChI=1S/C14H18N2O/c1-16-7-6-12-11(4-3-5-13(12)16)8-14(17-2)9-15-10-14/h3-7,15H,8-10H2,1-2H3. The summed E-state index contributed by atoms with van der Waals surface area (Å²) in [7, 11) is 3.90. The largest absolute Gasteiger partial charge is 0.375 e. The maximum absolute atomic E-state index is 5.66. The molecule has 0 atom stereocenters. The number of hydrogen-bond acceptors (Lipinski definition) is 2. The van der Waals surface area contributed by atoms with Crippen LogP contribution >= 0.6 is 0 Å². The fraction of sp³-hybridized carbons (Fsp3) is 0.429. The summed E-state index contributed by atoms with van der Waals surface area (Å²) in [4.78, 5) is 0. The zero-order valence-corrected chi connectivity index (χ0v) is 10.4. The normalized spacial score (nSPS) is 18.2. The van der Waals surface area contributed by atoms with Crippen LogP contribution in [0.3, 0.4) is 0 Å². The first-order chi connectivity index (χ1) is 8.24. The van der Waals surface area contributed by atoms with E-state index >= 15 is 0 Å². The summed E-state index contributed by atoms with van der Waals surface area (Å²) < 4.78 is 7.83. The van der Waals surface area contributed by atoms with Gasteiger partial charge < -0.3 is 14.6 Å². The molecule has 90 valence electrons. The molecular formula is C14H18N2O. The van der Waals surface area contributed by atoms with Crippen LogP contribution in [-0.4, -0.2) is 30.4 Å². The van der Waals surface area contributed by atoms with E-state index in [4.69, 9.17) is 4.74 Å². The molecule has 3 heteroatoms. The predicted molar refractivity (Wildman–Crippen MR) is 69.2 cm³/mol. The molecule has 0 spiro atoms. The third kappa shape index (κ3) is 1.66. The molecule has 3 rings (SSSR count). The molecule has 0 amide bonds. The molecule has 1 aromatic carbocycles. The molecule has 0 saturated carbocycles. The van der Waals surface area contributed by atoms with Crippen molar-refractivity contribution in [1.29, 1.82) is 0 Å². The second kappa shape index (κ2) is 3.86. The van der Waals surface area contributed by atoms with Crippen molar-refractivity contribution in [2.75, 3.05) is 20.2 Å². The number of aromatic nitrogens is 1. The van der Waals surface area contributed by atoms with Gasteiger partial charge in [0.2, 0.25) is 0 Å². The third-order valence-electron chi connectivity index (χ3n) is 3.86. The molecule has 0 unspecified atom stereocenters. The molecule has 0 aliphatic carbocycles. The fourth-order valence-corrected chi connectivity index (χ4v) is 2.61. The van der Waals surface area contributed by atoms with Gasteiger partial charge in [-0.2, -0.15) is 0 Å².